The highest BCUT2D eigenvalue weighted by atomic mass is 15.1. The molecule has 0 aromatic carbocycles. The molecule has 0 aromatic heterocycles. The lowest BCUT2D eigenvalue weighted by molar-refractivity contribution is 0.341. The summed E-state index contributed by atoms with van der Waals surface area (Å²) in [6, 6.07) is 0. The van der Waals surface area contributed by atoms with Gasteiger partial charge in [0.15, 0.2) is 0 Å². The van der Waals surface area contributed by atoms with Gasteiger partial charge in [0, 0.05) is 11.1 Å². The number of hydrogen-bond acceptors (Lipinski definition) is 2. The lowest BCUT2D eigenvalue weighted by atomic mass is 9.88. The van der Waals surface area contributed by atoms with Crippen LogP contribution in [0.25, 0.3) is 0 Å². The Kier molecular flexibility index (Phi) is 0.961. The molecule has 2 heteroatoms. The minimum Gasteiger partial charge on any atom is -0.325 e. The Morgan fingerprint density at radius 3 is 2.45 bits per heavy atom. The molecule has 11 heavy (non-hydrogen) atoms. The summed E-state index contributed by atoms with van der Waals surface area (Å²) in [5, 5.41) is 3.62. The molecule has 1 aliphatic heterocycles. The molecule has 2 aliphatic carbocycles. The summed E-state index contributed by atoms with van der Waals surface area (Å²) in [6.45, 7) is 1.21. The van der Waals surface area contributed by atoms with Crippen LogP contribution in [-0.4, -0.2) is 17.6 Å². The molecule has 1 heterocycles. The Morgan fingerprint density at radius 2 is 1.91 bits per heavy atom. The van der Waals surface area contributed by atoms with Gasteiger partial charge in [0.05, 0.1) is 0 Å². The number of nitrogens with two attached hydrogens (primary N) is 1. The van der Waals surface area contributed by atoms with Crippen molar-refractivity contribution in [2.45, 2.75) is 43.2 Å². The molecular weight excluding hydrogens is 136 g/mol. The minimum absolute atomic E-state index is 0.264. The second-order valence-electron chi connectivity index (χ2n) is 4.66. The zero-order chi connectivity index (χ0) is 7.53. The van der Waals surface area contributed by atoms with Crippen molar-refractivity contribution in [2.75, 3.05) is 6.54 Å². The maximum absolute atomic E-state index is 6.23. The molecule has 2 nitrogen and oxygen atoms in total. The van der Waals surface area contributed by atoms with Gasteiger partial charge >= 0.3 is 0 Å². The lowest BCUT2D eigenvalue weighted by Crippen LogP contribution is -2.42. The van der Waals surface area contributed by atoms with E-state index in [-0.39, 0.29) is 5.54 Å². The summed E-state index contributed by atoms with van der Waals surface area (Å²) < 4.78 is 0. The Bertz CT molecular complexity index is 192. The van der Waals surface area contributed by atoms with Gasteiger partial charge < -0.3 is 11.1 Å². The van der Waals surface area contributed by atoms with Crippen LogP contribution in [-0.2, 0) is 0 Å². The highest BCUT2D eigenvalue weighted by Crippen LogP contribution is 2.57. The van der Waals surface area contributed by atoms with Gasteiger partial charge in [0.25, 0.3) is 0 Å². The molecule has 1 saturated heterocycles. The quantitative estimate of drug-likeness (QED) is 0.578. The molecule has 3 fully saturated rings. The third-order valence-electron chi connectivity index (χ3n) is 3.89. The van der Waals surface area contributed by atoms with Crippen molar-refractivity contribution < 1.29 is 0 Å². The summed E-state index contributed by atoms with van der Waals surface area (Å²) in [6.07, 6.45) is 6.66. The Labute approximate surface area is 67.5 Å². The first-order valence-electron chi connectivity index (χ1n) is 4.79. The number of rotatable bonds is 1. The maximum Gasteiger partial charge on any atom is 0.0229 e. The fourth-order valence-electron chi connectivity index (χ4n) is 2.86. The van der Waals surface area contributed by atoms with Gasteiger partial charge in [-0.05, 0) is 44.6 Å². The Morgan fingerprint density at radius 1 is 1.18 bits per heavy atom. The second kappa shape index (κ2) is 1.64. The average Bonchev–Trinajstić information content (AvgIpc) is 2.79. The van der Waals surface area contributed by atoms with E-state index in [1.165, 1.54) is 38.6 Å². The van der Waals surface area contributed by atoms with Crippen LogP contribution < -0.4 is 11.1 Å². The molecule has 0 amide bonds. The second-order valence-corrected chi connectivity index (χ2v) is 4.66. The van der Waals surface area contributed by atoms with E-state index < -0.39 is 0 Å². The van der Waals surface area contributed by atoms with E-state index in [0.29, 0.717) is 5.54 Å². The van der Waals surface area contributed by atoms with Crippen LogP contribution in [0.3, 0.4) is 0 Å². The fourth-order valence-corrected chi connectivity index (χ4v) is 2.86. The third-order valence-corrected chi connectivity index (χ3v) is 3.89. The molecule has 1 unspecified atom stereocenters. The summed E-state index contributed by atoms with van der Waals surface area (Å²) in [7, 11) is 0. The van der Waals surface area contributed by atoms with Gasteiger partial charge in [-0.2, -0.15) is 0 Å². The van der Waals surface area contributed by atoms with Crippen LogP contribution in [0.1, 0.15) is 32.1 Å². The molecule has 3 aliphatic rings. The highest BCUT2D eigenvalue weighted by Gasteiger charge is 2.61. The fraction of sp³-hybridized carbons (Fsp3) is 1.00. The minimum atomic E-state index is 0.264. The average molecular weight is 152 g/mol. The van der Waals surface area contributed by atoms with E-state index >= 15 is 0 Å². The molecular formula is C9H16N2. The van der Waals surface area contributed by atoms with Crippen molar-refractivity contribution in [3.8, 4) is 0 Å². The lowest BCUT2D eigenvalue weighted by Gasteiger charge is -2.24. The van der Waals surface area contributed by atoms with Gasteiger partial charge in [-0.1, -0.05) is 0 Å². The summed E-state index contributed by atoms with van der Waals surface area (Å²) in [5.74, 6) is 0.815. The van der Waals surface area contributed by atoms with Crippen molar-refractivity contribution in [3.63, 3.8) is 0 Å². The molecule has 1 spiro atoms. The normalized spacial score (nSPS) is 42.8. The summed E-state index contributed by atoms with van der Waals surface area (Å²) >= 11 is 0. The molecule has 1 atom stereocenters. The van der Waals surface area contributed by atoms with Gasteiger partial charge in [-0.15, -0.1) is 0 Å². The highest BCUT2D eigenvalue weighted by molar-refractivity contribution is 5.21. The van der Waals surface area contributed by atoms with Crippen molar-refractivity contribution in [3.05, 3.63) is 0 Å². The largest absolute Gasteiger partial charge is 0.325 e. The van der Waals surface area contributed by atoms with E-state index in [1.807, 2.05) is 0 Å². The Balaban J connectivity index is 1.86. The van der Waals surface area contributed by atoms with Crippen LogP contribution in [0.4, 0.5) is 0 Å². The first-order chi connectivity index (χ1) is 5.25. The van der Waals surface area contributed by atoms with Crippen LogP contribution in [0.2, 0.25) is 0 Å². The van der Waals surface area contributed by atoms with Crippen molar-refractivity contribution in [1.82, 2.24) is 5.32 Å². The SMILES string of the molecule is NC1(C2CCNC23CC3)CC1. The van der Waals surface area contributed by atoms with Gasteiger partial charge in [0.2, 0.25) is 0 Å². The first kappa shape index (κ1) is 6.44. The first-order valence-corrected chi connectivity index (χ1v) is 4.79. The molecule has 0 radical (unpaired) electrons. The van der Waals surface area contributed by atoms with Gasteiger partial charge in [-0.3, -0.25) is 0 Å². The van der Waals surface area contributed by atoms with Crippen LogP contribution in [0, 0.1) is 5.92 Å². The monoisotopic (exact) mass is 152 g/mol. The molecule has 0 bridgehead atoms. The standard InChI is InChI=1S/C9H16N2/c10-8(2-3-8)7-1-6-11-9(7)4-5-9/h7,11H,1-6,10H2. The topological polar surface area (TPSA) is 38.0 Å². The van der Waals surface area contributed by atoms with E-state index in [9.17, 15) is 0 Å². The van der Waals surface area contributed by atoms with Gasteiger partial charge in [0.1, 0.15) is 0 Å². The molecule has 0 aromatic rings. The number of hydrogen-bond donors (Lipinski definition) is 2. The van der Waals surface area contributed by atoms with Crippen LogP contribution in [0.15, 0.2) is 0 Å². The molecule has 3 rings (SSSR count). The predicted octanol–water partition coefficient (Wildman–Crippen LogP) is 0.620. The smallest absolute Gasteiger partial charge is 0.0229 e. The Hall–Kier alpha value is -0.0800. The third kappa shape index (κ3) is 0.744. The van der Waals surface area contributed by atoms with E-state index in [0.717, 1.165) is 5.92 Å². The van der Waals surface area contributed by atoms with Crippen molar-refractivity contribution in [2.24, 2.45) is 11.7 Å². The predicted molar refractivity (Wildman–Crippen MR) is 44.2 cm³/mol. The van der Waals surface area contributed by atoms with Gasteiger partial charge in [-0.25, -0.2) is 0 Å². The zero-order valence-electron chi connectivity index (χ0n) is 6.90. The molecule has 2 saturated carbocycles. The van der Waals surface area contributed by atoms with E-state index in [2.05, 4.69) is 5.32 Å². The van der Waals surface area contributed by atoms with E-state index in [1.54, 1.807) is 0 Å². The zero-order valence-corrected chi connectivity index (χ0v) is 6.90. The van der Waals surface area contributed by atoms with Crippen molar-refractivity contribution >= 4 is 0 Å². The van der Waals surface area contributed by atoms with Crippen molar-refractivity contribution in [1.29, 1.82) is 0 Å². The molecule has 3 N–H and O–H groups in total. The number of nitrogens with one attached hydrogen (secondary N) is 1. The summed E-state index contributed by atoms with van der Waals surface area (Å²) in [5.41, 5.74) is 7.02. The van der Waals surface area contributed by atoms with Crippen LogP contribution >= 0.6 is 0 Å². The molecule has 62 valence electrons. The summed E-state index contributed by atoms with van der Waals surface area (Å²) in [4.78, 5) is 0. The van der Waals surface area contributed by atoms with Crippen LogP contribution in [0.5, 0.6) is 0 Å². The maximum atomic E-state index is 6.23. The van der Waals surface area contributed by atoms with E-state index in [4.69, 9.17) is 5.73 Å².